The maximum absolute atomic E-state index is 12.3. The highest BCUT2D eigenvalue weighted by Crippen LogP contribution is 2.19. The number of hydrogen-bond donors (Lipinski definition) is 0. The first-order valence-electron chi connectivity index (χ1n) is 9.99. The molecule has 1 saturated heterocycles. The van der Waals surface area contributed by atoms with E-state index in [4.69, 9.17) is 4.74 Å². The van der Waals surface area contributed by atoms with Crippen LogP contribution in [0.1, 0.15) is 66.2 Å². The van der Waals surface area contributed by atoms with E-state index in [9.17, 15) is 4.79 Å². The summed E-state index contributed by atoms with van der Waals surface area (Å²) in [5.74, 6) is 1.28. The first kappa shape index (κ1) is 21.4. The van der Waals surface area contributed by atoms with Crippen LogP contribution in [-0.4, -0.2) is 61.6 Å². The van der Waals surface area contributed by atoms with Gasteiger partial charge in [-0.05, 0) is 32.6 Å². The lowest BCUT2D eigenvalue weighted by molar-refractivity contribution is -0.140. The van der Waals surface area contributed by atoms with E-state index < -0.39 is 0 Å². The Morgan fingerprint density at radius 1 is 1.04 bits per heavy atom. The van der Waals surface area contributed by atoms with E-state index >= 15 is 0 Å². The second kappa shape index (κ2) is 11.9. The Balaban J connectivity index is 1.95. The summed E-state index contributed by atoms with van der Waals surface area (Å²) in [6.45, 7) is 13.5. The number of ether oxygens (including phenoxy) is 1. The summed E-state index contributed by atoms with van der Waals surface area (Å²) in [6, 6.07) is 0. The van der Waals surface area contributed by atoms with Gasteiger partial charge in [0.25, 0.3) is 0 Å². The van der Waals surface area contributed by atoms with Gasteiger partial charge in [0.05, 0.1) is 12.0 Å². The predicted octanol–water partition coefficient (Wildman–Crippen LogP) is 3.80. The fourth-order valence-corrected chi connectivity index (χ4v) is 3.29. The number of unbranched alkanes of at least 4 members (excludes halogenated alkanes) is 5. The fourth-order valence-electron chi connectivity index (χ4n) is 3.29. The lowest BCUT2D eigenvalue weighted by Gasteiger charge is -2.40. The van der Waals surface area contributed by atoms with Gasteiger partial charge < -0.3 is 14.5 Å². The molecule has 1 amide bonds. The molecule has 24 heavy (non-hydrogen) atoms. The monoisotopic (exact) mass is 340 g/mol. The Labute approximate surface area is 149 Å². The topological polar surface area (TPSA) is 32.8 Å². The van der Waals surface area contributed by atoms with Gasteiger partial charge in [-0.2, -0.15) is 0 Å². The highest BCUT2D eigenvalue weighted by atomic mass is 16.5. The number of hydrogen-bond acceptors (Lipinski definition) is 3. The van der Waals surface area contributed by atoms with Gasteiger partial charge in [-0.1, -0.05) is 39.5 Å². The van der Waals surface area contributed by atoms with Crippen LogP contribution in [0.5, 0.6) is 0 Å². The van der Waals surface area contributed by atoms with Crippen molar-refractivity contribution in [2.24, 2.45) is 11.8 Å². The molecule has 1 aliphatic heterocycles. The zero-order chi connectivity index (χ0) is 17.9. The van der Waals surface area contributed by atoms with Crippen LogP contribution in [-0.2, 0) is 9.53 Å². The minimum absolute atomic E-state index is 0.245. The molecule has 1 rings (SSSR count). The SMILES string of the molecule is CC(C)CN1CC(C(=O)N(C)CCCCCCCCOC(C)C)C1. The minimum Gasteiger partial charge on any atom is -0.379 e. The molecule has 0 aromatic heterocycles. The van der Waals surface area contributed by atoms with Crippen molar-refractivity contribution in [2.45, 2.75) is 72.3 Å². The van der Waals surface area contributed by atoms with Crippen LogP contribution in [0.2, 0.25) is 0 Å². The first-order chi connectivity index (χ1) is 11.4. The summed E-state index contributed by atoms with van der Waals surface area (Å²) in [5, 5.41) is 0. The van der Waals surface area contributed by atoms with Crippen molar-refractivity contribution in [3.63, 3.8) is 0 Å². The third-order valence-corrected chi connectivity index (χ3v) is 4.65. The Kier molecular flexibility index (Phi) is 10.6. The molecule has 0 aromatic carbocycles. The smallest absolute Gasteiger partial charge is 0.228 e. The molecule has 1 fully saturated rings. The molecule has 4 nitrogen and oxygen atoms in total. The average Bonchev–Trinajstić information content (AvgIpc) is 2.47. The van der Waals surface area contributed by atoms with E-state index in [0.29, 0.717) is 17.9 Å². The van der Waals surface area contributed by atoms with Crippen LogP contribution < -0.4 is 0 Å². The zero-order valence-corrected chi connectivity index (χ0v) is 16.7. The second-order valence-corrected chi connectivity index (χ2v) is 8.11. The fraction of sp³-hybridized carbons (Fsp3) is 0.950. The van der Waals surface area contributed by atoms with Crippen molar-refractivity contribution in [1.29, 1.82) is 0 Å². The van der Waals surface area contributed by atoms with Gasteiger partial charge in [0.1, 0.15) is 0 Å². The van der Waals surface area contributed by atoms with E-state index in [1.807, 2.05) is 11.9 Å². The molecule has 0 bridgehead atoms. The molecule has 0 unspecified atom stereocenters. The molecule has 0 aliphatic carbocycles. The van der Waals surface area contributed by atoms with E-state index in [1.165, 1.54) is 32.1 Å². The summed E-state index contributed by atoms with van der Waals surface area (Å²) < 4.78 is 5.55. The highest BCUT2D eigenvalue weighted by Gasteiger charge is 2.34. The molecule has 0 spiro atoms. The zero-order valence-electron chi connectivity index (χ0n) is 16.7. The number of rotatable bonds is 13. The average molecular weight is 341 g/mol. The summed E-state index contributed by atoms with van der Waals surface area (Å²) in [4.78, 5) is 16.7. The third kappa shape index (κ3) is 9.03. The second-order valence-electron chi connectivity index (χ2n) is 8.11. The Hall–Kier alpha value is -0.610. The quantitative estimate of drug-likeness (QED) is 0.478. The van der Waals surface area contributed by atoms with Gasteiger partial charge in [-0.15, -0.1) is 0 Å². The van der Waals surface area contributed by atoms with Crippen molar-refractivity contribution in [1.82, 2.24) is 9.80 Å². The van der Waals surface area contributed by atoms with Crippen LogP contribution in [0.25, 0.3) is 0 Å². The molecule has 1 aliphatic rings. The molecule has 0 aromatic rings. The number of carbonyl (C=O) groups excluding carboxylic acids is 1. The van der Waals surface area contributed by atoms with E-state index in [0.717, 1.165) is 39.2 Å². The van der Waals surface area contributed by atoms with Crippen LogP contribution in [0.4, 0.5) is 0 Å². The van der Waals surface area contributed by atoms with Crippen LogP contribution in [0, 0.1) is 11.8 Å². The van der Waals surface area contributed by atoms with Gasteiger partial charge in [0.15, 0.2) is 0 Å². The van der Waals surface area contributed by atoms with Gasteiger partial charge in [-0.25, -0.2) is 0 Å². The first-order valence-corrected chi connectivity index (χ1v) is 9.99. The van der Waals surface area contributed by atoms with Crippen molar-refractivity contribution in [2.75, 3.05) is 39.8 Å². The number of nitrogens with zero attached hydrogens (tertiary/aromatic N) is 2. The van der Waals surface area contributed by atoms with Crippen molar-refractivity contribution in [3.05, 3.63) is 0 Å². The number of amides is 1. The van der Waals surface area contributed by atoms with Crippen molar-refractivity contribution >= 4 is 5.91 Å². The van der Waals surface area contributed by atoms with E-state index in [2.05, 4.69) is 32.6 Å². The van der Waals surface area contributed by atoms with E-state index in [1.54, 1.807) is 0 Å². The third-order valence-electron chi connectivity index (χ3n) is 4.65. The van der Waals surface area contributed by atoms with Gasteiger partial charge in [0.2, 0.25) is 5.91 Å². The normalized spacial score (nSPS) is 16.0. The van der Waals surface area contributed by atoms with Crippen LogP contribution >= 0.6 is 0 Å². The lowest BCUT2D eigenvalue weighted by Crippen LogP contribution is -2.54. The maximum Gasteiger partial charge on any atom is 0.228 e. The number of likely N-dealkylation sites (tertiary alicyclic amines) is 1. The lowest BCUT2D eigenvalue weighted by atomic mass is 9.97. The summed E-state index contributed by atoms with van der Waals surface area (Å²) in [7, 11) is 1.97. The number of carbonyl (C=O) groups is 1. The summed E-state index contributed by atoms with van der Waals surface area (Å²) >= 11 is 0. The van der Waals surface area contributed by atoms with E-state index in [-0.39, 0.29) is 5.92 Å². The minimum atomic E-state index is 0.245. The molecular weight excluding hydrogens is 300 g/mol. The van der Waals surface area contributed by atoms with Gasteiger partial charge >= 0.3 is 0 Å². The predicted molar refractivity (Wildman–Crippen MR) is 101 cm³/mol. The largest absolute Gasteiger partial charge is 0.379 e. The van der Waals surface area contributed by atoms with Crippen LogP contribution in [0.3, 0.4) is 0 Å². The molecule has 0 atom stereocenters. The molecule has 1 heterocycles. The maximum atomic E-state index is 12.3. The Morgan fingerprint density at radius 2 is 1.62 bits per heavy atom. The summed E-state index contributed by atoms with van der Waals surface area (Å²) in [5.41, 5.74) is 0. The molecular formula is C20H40N2O2. The Bertz CT molecular complexity index is 339. The molecule has 0 N–H and O–H groups in total. The molecule has 4 heteroatoms. The van der Waals surface area contributed by atoms with Crippen LogP contribution in [0.15, 0.2) is 0 Å². The molecule has 0 saturated carbocycles. The summed E-state index contributed by atoms with van der Waals surface area (Å²) in [6.07, 6.45) is 7.70. The highest BCUT2D eigenvalue weighted by molar-refractivity contribution is 5.79. The molecule has 0 radical (unpaired) electrons. The van der Waals surface area contributed by atoms with Crippen molar-refractivity contribution < 1.29 is 9.53 Å². The Morgan fingerprint density at radius 3 is 2.21 bits per heavy atom. The molecule has 142 valence electrons. The van der Waals surface area contributed by atoms with Crippen molar-refractivity contribution in [3.8, 4) is 0 Å². The van der Waals surface area contributed by atoms with Gasteiger partial charge in [-0.3, -0.25) is 4.79 Å². The standard InChI is InChI=1S/C20H40N2O2/c1-17(2)14-22-15-19(16-22)20(23)21(5)12-10-8-6-7-9-11-13-24-18(3)4/h17-19H,6-16H2,1-5H3. The van der Waals surface area contributed by atoms with Gasteiger partial charge in [0, 0.05) is 39.8 Å².